The van der Waals surface area contributed by atoms with E-state index in [1.54, 1.807) is 17.5 Å². The molecule has 3 aromatic heterocycles. The fraction of sp³-hybridized carbons (Fsp3) is 0.593. The van der Waals surface area contributed by atoms with Crippen molar-refractivity contribution in [1.82, 2.24) is 34.7 Å². The Balaban J connectivity index is 1.17. The van der Waals surface area contributed by atoms with Crippen molar-refractivity contribution in [3.8, 4) is 10.6 Å². The number of aromatic nitrogens is 5. The summed E-state index contributed by atoms with van der Waals surface area (Å²) < 4.78 is 0. The van der Waals surface area contributed by atoms with Crippen LogP contribution in [0.5, 0.6) is 0 Å². The van der Waals surface area contributed by atoms with Gasteiger partial charge in [0.2, 0.25) is 5.95 Å². The summed E-state index contributed by atoms with van der Waals surface area (Å²) in [7, 11) is 4.40. The van der Waals surface area contributed by atoms with Crippen LogP contribution in [0.4, 0.5) is 16.9 Å². The van der Waals surface area contributed by atoms with Gasteiger partial charge in [0.25, 0.3) is 0 Å². The number of nitrogens with zero attached hydrogens (tertiary/aromatic N) is 7. The van der Waals surface area contributed by atoms with Crippen molar-refractivity contribution < 1.29 is 0 Å². The normalized spacial score (nSPS) is 19.3. The molecule has 1 saturated carbocycles. The highest BCUT2D eigenvalue weighted by molar-refractivity contribution is 7.18. The van der Waals surface area contributed by atoms with Gasteiger partial charge in [-0.05, 0) is 59.3 Å². The summed E-state index contributed by atoms with van der Waals surface area (Å²) in [5.74, 6) is 1.41. The van der Waals surface area contributed by atoms with Crippen LogP contribution in [0.1, 0.15) is 62.8 Å². The second kappa shape index (κ2) is 12.2. The lowest BCUT2D eigenvalue weighted by molar-refractivity contribution is 0.138. The summed E-state index contributed by atoms with van der Waals surface area (Å²) in [6.07, 6.45) is 15.7. The second-order valence-corrected chi connectivity index (χ2v) is 11.6. The van der Waals surface area contributed by atoms with E-state index in [1.807, 2.05) is 25.4 Å². The number of anilines is 3. The largest absolute Gasteiger partial charge is 0.351 e. The predicted octanol–water partition coefficient (Wildman–Crippen LogP) is 5.10. The van der Waals surface area contributed by atoms with E-state index < -0.39 is 0 Å². The molecule has 5 rings (SSSR count). The van der Waals surface area contributed by atoms with Crippen LogP contribution in [0, 0.1) is 6.92 Å². The summed E-state index contributed by atoms with van der Waals surface area (Å²) in [4.78, 5) is 29.0. The molecule has 1 saturated heterocycles. The molecule has 3 aromatic rings. The van der Waals surface area contributed by atoms with Gasteiger partial charge in [-0.2, -0.15) is 0 Å². The minimum atomic E-state index is 0.469. The van der Waals surface area contributed by atoms with E-state index in [1.165, 1.54) is 57.9 Å². The van der Waals surface area contributed by atoms with Gasteiger partial charge in [0, 0.05) is 37.1 Å². The Labute approximate surface area is 224 Å². The molecule has 37 heavy (non-hydrogen) atoms. The first-order chi connectivity index (χ1) is 18.0. The molecule has 2 fully saturated rings. The van der Waals surface area contributed by atoms with E-state index in [0.717, 1.165) is 40.2 Å². The van der Waals surface area contributed by atoms with Gasteiger partial charge in [-0.1, -0.05) is 37.0 Å². The number of hydrogen-bond donors (Lipinski definition) is 2. The van der Waals surface area contributed by atoms with Crippen molar-refractivity contribution in [3.63, 3.8) is 0 Å². The maximum atomic E-state index is 4.79. The smallest absolute Gasteiger partial charge is 0.223 e. The summed E-state index contributed by atoms with van der Waals surface area (Å²) in [6, 6.07) is 3.11. The van der Waals surface area contributed by atoms with Crippen molar-refractivity contribution >= 4 is 28.2 Å². The van der Waals surface area contributed by atoms with Crippen molar-refractivity contribution in [2.45, 2.75) is 76.9 Å². The van der Waals surface area contributed by atoms with E-state index in [0.29, 0.717) is 23.8 Å². The molecule has 0 bridgehead atoms. The van der Waals surface area contributed by atoms with E-state index in [2.05, 4.69) is 54.5 Å². The molecule has 0 radical (unpaired) electrons. The van der Waals surface area contributed by atoms with Crippen LogP contribution in [0.15, 0.2) is 24.7 Å². The second-order valence-electron chi connectivity index (χ2n) is 10.6. The Morgan fingerprint density at radius 3 is 2.62 bits per heavy atom. The molecule has 0 amide bonds. The third-order valence-electron chi connectivity index (χ3n) is 7.37. The first-order valence-electron chi connectivity index (χ1n) is 13.6. The maximum Gasteiger partial charge on any atom is 0.223 e. The number of likely N-dealkylation sites (tertiary alicyclic amines) is 1. The van der Waals surface area contributed by atoms with Crippen LogP contribution in [-0.2, 0) is 6.54 Å². The fourth-order valence-electron chi connectivity index (χ4n) is 5.33. The zero-order valence-corrected chi connectivity index (χ0v) is 23.1. The molecule has 9 nitrogen and oxygen atoms in total. The standard InChI is InChI=1S/C27H39N9S/c1-19-13-23(33-26(31-19)32-20-9-5-4-6-10-20)24-15-30-27(37-24)34-25-16-28-21(14-29-25)17-35(2)18-22-11-7-8-12-36(22)3/h13-16,20,22H,4-12,17-18H2,1-3H3,(H,29,30,34)(H,31,32,33). The molecule has 1 unspecified atom stereocenters. The van der Waals surface area contributed by atoms with Gasteiger partial charge in [-0.25, -0.2) is 19.9 Å². The van der Waals surface area contributed by atoms with Crippen molar-refractivity contribution in [1.29, 1.82) is 0 Å². The SMILES string of the molecule is Cc1cc(-c2cnc(Nc3cnc(CN(C)CC4CCCCN4C)cn3)s2)nc(NC2CCCCC2)n1. The lowest BCUT2D eigenvalue weighted by Gasteiger charge is -2.35. The molecule has 0 spiro atoms. The number of hydrogen-bond acceptors (Lipinski definition) is 10. The monoisotopic (exact) mass is 521 g/mol. The first-order valence-corrected chi connectivity index (χ1v) is 14.4. The van der Waals surface area contributed by atoms with Crippen molar-refractivity contribution in [2.24, 2.45) is 0 Å². The molecule has 198 valence electrons. The average molecular weight is 522 g/mol. The van der Waals surface area contributed by atoms with Gasteiger partial charge in [0.05, 0.1) is 28.7 Å². The van der Waals surface area contributed by atoms with Crippen LogP contribution in [0.25, 0.3) is 10.6 Å². The molecule has 1 atom stereocenters. The molecule has 0 aromatic carbocycles. The predicted molar refractivity (Wildman–Crippen MR) is 150 cm³/mol. The number of nitrogens with one attached hydrogen (secondary N) is 2. The molecule has 1 aliphatic heterocycles. The van der Waals surface area contributed by atoms with Crippen LogP contribution in [0.2, 0.25) is 0 Å². The number of likely N-dealkylation sites (N-methyl/N-ethyl adjacent to an activating group) is 2. The van der Waals surface area contributed by atoms with E-state index in [4.69, 9.17) is 4.98 Å². The lowest BCUT2D eigenvalue weighted by atomic mass is 9.96. The van der Waals surface area contributed by atoms with Crippen LogP contribution in [0.3, 0.4) is 0 Å². The van der Waals surface area contributed by atoms with Crippen molar-refractivity contribution in [2.75, 3.05) is 37.8 Å². The van der Waals surface area contributed by atoms with Gasteiger partial charge < -0.3 is 15.5 Å². The molecule has 1 aliphatic carbocycles. The fourth-order valence-corrected chi connectivity index (χ4v) is 6.11. The average Bonchev–Trinajstić information content (AvgIpc) is 3.35. The van der Waals surface area contributed by atoms with Gasteiger partial charge in [0.15, 0.2) is 10.9 Å². The van der Waals surface area contributed by atoms with Gasteiger partial charge in [-0.3, -0.25) is 9.88 Å². The van der Waals surface area contributed by atoms with Crippen LogP contribution >= 0.6 is 11.3 Å². The van der Waals surface area contributed by atoms with E-state index in [9.17, 15) is 0 Å². The van der Waals surface area contributed by atoms with Crippen molar-refractivity contribution in [3.05, 3.63) is 36.0 Å². The number of rotatable bonds is 9. The number of piperidine rings is 1. The third kappa shape index (κ3) is 7.21. The minimum absolute atomic E-state index is 0.469. The lowest BCUT2D eigenvalue weighted by Crippen LogP contribution is -2.43. The van der Waals surface area contributed by atoms with Gasteiger partial charge in [-0.15, -0.1) is 0 Å². The summed E-state index contributed by atoms with van der Waals surface area (Å²) in [6.45, 7) is 5.07. The molecule has 10 heteroatoms. The highest BCUT2D eigenvalue weighted by atomic mass is 32.1. The summed E-state index contributed by atoms with van der Waals surface area (Å²) in [5, 5.41) is 7.61. The molecule has 2 aliphatic rings. The number of aryl methyl sites for hydroxylation is 1. The first kappa shape index (κ1) is 25.9. The molecule has 4 heterocycles. The zero-order chi connectivity index (χ0) is 25.6. The molecular weight excluding hydrogens is 482 g/mol. The van der Waals surface area contributed by atoms with Crippen LogP contribution < -0.4 is 10.6 Å². The Bertz CT molecular complexity index is 1140. The van der Waals surface area contributed by atoms with E-state index >= 15 is 0 Å². The zero-order valence-electron chi connectivity index (χ0n) is 22.3. The Kier molecular flexibility index (Phi) is 8.58. The molecule has 2 N–H and O–H groups in total. The molecular formula is C27H39N9S. The van der Waals surface area contributed by atoms with E-state index in [-0.39, 0.29) is 0 Å². The number of thiazole rings is 1. The maximum absolute atomic E-state index is 4.79. The van der Waals surface area contributed by atoms with Crippen LogP contribution in [-0.4, -0.2) is 74.0 Å². The summed E-state index contributed by atoms with van der Waals surface area (Å²) >= 11 is 1.56. The van der Waals surface area contributed by atoms with Gasteiger partial charge >= 0.3 is 0 Å². The minimum Gasteiger partial charge on any atom is -0.351 e. The quantitative estimate of drug-likeness (QED) is 0.399. The Morgan fingerprint density at radius 2 is 1.84 bits per heavy atom. The topological polar surface area (TPSA) is 95.0 Å². The van der Waals surface area contributed by atoms with Gasteiger partial charge in [0.1, 0.15) is 0 Å². The summed E-state index contributed by atoms with van der Waals surface area (Å²) in [5.41, 5.74) is 2.82. The highest BCUT2D eigenvalue weighted by Crippen LogP contribution is 2.30. The highest BCUT2D eigenvalue weighted by Gasteiger charge is 2.20. The Hall–Kier alpha value is -2.69. The Morgan fingerprint density at radius 1 is 1.00 bits per heavy atom. The third-order valence-corrected chi connectivity index (χ3v) is 8.30.